The molecule has 5 nitrogen and oxygen atoms in total. The molecule has 1 amide bonds. The van der Waals surface area contributed by atoms with Gasteiger partial charge in [-0.15, -0.1) is 0 Å². The number of carbonyl (C=O) groups is 1. The molecule has 0 rings (SSSR count). The van der Waals surface area contributed by atoms with E-state index in [1.165, 1.54) is 0 Å². The second kappa shape index (κ2) is 7.42. The number of nitrogens with one attached hydrogen (secondary N) is 1. The van der Waals surface area contributed by atoms with Crippen molar-refractivity contribution in [1.29, 1.82) is 0 Å². The molecule has 1 atom stereocenters. The monoisotopic (exact) mass is 231 g/mol. The van der Waals surface area contributed by atoms with Gasteiger partial charge in [0.25, 0.3) is 10.1 Å². The standard InChI is InChI=1S/C7H13NO4S.Na.H/c1-3-7(9)8-4-6(2)5-13(10,11)12;;/h3,6H,1,4-5H2,2H3,(H,8,9)(H,10,11,12);;. The molecular formula is C7H14NNaO4S. The first-order valence-corrected chi connectivity index (χ1v) is 5.31. The van der Waals surface area contributed by atoms with Gasteiger partial charge in [-0.05, 0) is 12.0 Å². The van der Waals surface area contributed by atoms with Crippen LogP contribution in [0.3, 0.4) is 0 Å². The molecule has 0 radical (unpaired) electrons. The zero-order valence-electron chi connectivity index (χ0n) is 7.36. The van der Waals surface area contributed by atoms with Gasteiger partial charge < -0.3 is 5.32 Å². The van der Waals surface area contributed by atoms with Crippen LogP contribution in [0.15, 0.2) is 12.7 Å². The molecule has 0 saturated heterocycles. The van der Waals surface area contributed by atoms with E-state index in [0.29, 0.717) is 0 Å². The Morgan fingerprint density at radius 2 is 2.14 bits per heavy atom. The van der Waals surface area contributed by atoms with Crippen molar-refractivity contribution in [3.8, 4) is 0 Å². The molecule has 0 aliphatic carbocycles. The fourth-order valence-electron chi connectivity index (χ4n) is 0.765. The van der Waals surface area contributed by atoms with Gasteiger partial charge in [-0.25, -0.2) is 0 Å². The maximum absolute atomic E-state index is 10.6. The number of hydrogen-bond donors (Lipinski definition) is 2. The zero-order chi connectivity index (χ0) is 10.5. The van der Waals surface area contributed by atoms with Gasteiger partial charge in [-0.1, -0.05) is 13.5 Å². The van der Waals surface area contributed by atoms with Crippen molar-refractivity contribution in [2.75, 3.05) is 12.3 Å². The molecule has 0 bridgehead atoms. The van der Waals surface area contributed by atoms with Crippen molar-refractivity contribution in [1.82, 2.24) is 5.32 Å². The minimum absolute atomic E-state index is 0. The fourth-order valence-corrected chi connectivity index (χ4v) is 1.60. The van der Waals surface area contributed by atoms with E-state index in [1.54, 1.807) is 6.92 Å². The van der Waals surface area contributed by atoms with E-state index in [-0.39, 0.29) is 53.7 Å². The quantitative estimate of drug-likeness (QED) is 0.367. The number of carbonyl (C=O) groups excluding carboxylic acids is 1. The Kier molecular flexibility index (Phi) is 8.77. The van der Waals surface area contributed by atoms with E-state index in [4.69, 9.17) is 4.55 Å². The van der Waals surface area contributed by atoms with Crippen LogP contribution >= 0.6 is 0 Å². The third kappa shape index (κ3) is 10.2. The summed E-state index contributed by atoms with van der Waals surface area (Å²) < 4.78 is 29.2. The Morgan fingerprint density at radius 1 is 1.64 bits per heavy atom. The molecule has 2 N–H and O–H groups in total. The molecule has 14 heavy (non-hydrogen) atoms. The Bertz CT molecular complexity index is 288. The molecule has 78 valence electrons. The van der Waals surface area contributed by atoms with Gasteiger partial charge in [-0.3, -0.25) is 9.35 Å². The van der Waals surface area contributed by atoms with Gasteiger partial charge in [0.1, 0.15) is 0 Å². The Morgan fingerprint density at radius 3 is 2.50 bits per heavy atom. The fraction of sp³-hybridized carbons (Fsp3) is 0.571. The summed E-state index contributed by atoms with van der Waals surface area (Å²) in [6.45, 7) is 5.04. The second-order valence-electron chi connectivity index (χ2n) is 2.80. The molecule has 0 aromatic heterocycles. The first-order valence-electron chi connectivity index (χ1n) is 3.70. The first kappa shape index (κ1) is 16.5. The van der Waals surface area contributed by atoms with Crippen LogP contribution in [0, 0.1) is 5.92 Å². The third-order valence-electron chi connectivity index (χ3n) is 1.31. The van der Waals surface area contributed by atoms with Gasteiger partial charge >= 0.3 is 29.6 Å². The normalized spacial score (nSPS) is 12.4. The molecule has 0 aromatic rings. The van der Waals surface area contributed by atoms with Gasteiger partial charge in [-0.2, -0.15) is 8.42 Å². The molecule has 0 aromatic carbocycles. The molecular weight excluding hydrogens is 217 g/mol. The van der Waals surface area contributed by atoms with Crippen LogP contribution in [0.25, 0.3) is 0 Å². The number of hydrogen-bond acceptors (Lipinski definition) is 3. The average molecular weight is 231 g/mol. The minimum atomic E-state index is -3.96. The SMILES string of the molecule is C=CC(=O)NCC(C)CS(=O)(=O)O.[NaH]. The Hall–Kier alpha value is 0.120. The van der Waals surface area contributed by atoms with Crippen molar-refractivity contribution in [3.05, 3.63) is 12.7 Å². The third-order valence-corrected chi connectivity index (χ3v) is 2.30. The van der Waals surface area contributed by atoms with E-state index < -0.39 is 10.1 Å². The summed E-state index contributed by atoms with van der Waals surface area (Å²) in [7, 11) is -3.96. The molecule has 0 fully saturated rings. The summed E-state index contributed by atoms with van der Waals surface area (Å²) in [6.07, 6.45) is 1.10. The second-order valence-corrected chi connectivity index (χ2v) is 4.30. The van der Waals surface area contributed by atoms with Crippen LogP contribution < -0.4 is 5.32 Å². The molecule has 0 heterocycles. The Labute approximate surface area is 106 Å². The van der Waals surface area contributed by atoms with Crippen LogP contribution in [0.4, 0.5) is 0 Å². The molecule has 1 unspecified atom stereocenters. The van der Waals surface area contributed by atoms with Gasteiger partial charge in [0.05, 0.1) is 5.75 Å². The van der Waals surface area contributed by atoms with Crippen molar-refractivity contribution in [3.63, 3.8) is 0 Å². The summed E-state index contributed by atoms with van der Waals surface area (Å²) in [5.41, 5.74) is 0. The van der Waals surface area contributed by atoms with Crippen molar-refractivity contribution in [2.24, 2.45) is 5.92 Å². The van der Waals surface area contributed by atoms with Gasteiger partial charge in [0, 0.05) is 6.54 Å². The van der Waals surface area contributed by atoms with Crippen LogP contribution in [0.1, 0.15) is 6.92 Å². The number of rotatable bonds is 5. The molecule has 7 heteroatoms. The van der Waals surface area contributed by atoms with E-state index in [1.807, 2.05) is 0 Å². The Balaban J connectivity index is 0. The van der Waals surface area contributed by atoms with Crippen LogP contribution in [0.5, 0.6) is 0 Å². The molecule has 0 aliphatic rings. The topological polar surface area (TPSA) is 83.5 Å². The van der Waals surface area contributed by atoms with E-state index in [0.717, 1.165) is 6.08 Å². The average Bonchev–Trinajstić information content (AvgIpc) is 1.97. The summed E-state index contributed by atoms with van der Waals surface area (Å²) in [5.74, 6) is -1.04. The number of amides is 1. The van der Waals surface area contributed by atoms with Crippen molar-refractivity contribution in [2.45, 2.75) is 6.92 Å². The summed E-state index contributed by atoms with van der Waals surface area (Å²) in [4.78, 5) is 10.6. The predicted molar refractivity (Wildman–Crippen MR) is 55.9 cm³/mol. The van der Waals surface area contributed by atoms with E-state index >= 15 is 0 Å². The first-order chi connectivity index (χ1) is 5.85. The molecule has 0 saturated carbocycles. The van der Waals surface area contributed by atoms with E-state index in [2.05, 4.69) is 11.9 Å². The van der Waals surface area contributed by atoms with Crippen LogP contribution in [-0.4, -0.2) is 60.7 Å². The van der Waals surface area contributed by atoms with Crippen LogP contribution in [0.2, 0.25) is 0 Å². The van der Waals surface area contributed by atoms with Crippen molar-refractivity contribution >= 4 is 45.6 Å². The molecule has 0 aliphatic heterocycles. The maximum atomic E-state index is 10.6. The summed E-state index contributed by atoms with van der Waals surface area (Å²) in [5, 5.41) is 2.42. The molecule has 0 spiro atoms. The van der Waals surface area contributed by atoms with Gasteiger partial charge in [0.15, 0.2) is 0 Å². The van der Waals surface area contributed by atoms with E-state index in [9.17, 15) is 13.2 Å². The summed E-state index contributed by atoms with van der Waals surface area (Å²) in [6, 6.07) is 0. The van der Waals surface area contributed by atoms with Crippen molar-refractivity contribution < 1.29 is 17.8 Å². The zero-order valence-corrected chi connectivity index (χ0v) is 8.17. The summed E-state index contributed by atoms with van der Waals surface area (Å²) >= 11 is 0. The van der Waals surface area contributed by atoms with Gasteiger partial charge in [0.2, 0.25) is 5.91 Å². The predicted octanol–water partition coefficient (Wildman–Crippen LogP) is -0.836. The van der Waals surface area contributed by atoms with Crippen LogP contribution in [-0.2, 0) is 14.9 Å².